The second-order valence-electron chi connectivity index (χ2n) is 4.70. The van der Waals surface area contributed by atoms with Gasteiger partial charge in [-0.1, -0.05) is 36.4 Å². The van der Waals surface area contributed by atoms with Crippen molar-refractivity contribution in [2.75, 3.05) is 14.2 Å². The molecule has 0 bridgehead atoms. The van der Waals surface area contributed by atoms with Gasteiger partial charge in [0.05, 0.1) is 14.2 Å². The van der Waals surface area contributed by atoms with Crippen LogP contribution in [0.4, 0.5) is 0 Å². The molecule has 0 radical (unpaired) electrons. The minimum Gasteiger partial charge on any atom is -0.493 e. The Kier molecular flexibility index (Phi) is 5.02. The van der Waals surface area contributed by atoms with Gasteiger partial charge in [0.2, 0.25) is 0 Å². The maximum absolute atomic E-state index is 5.34. The molecule has 0 aliphatic carbocycles. The Balaban J connectivity index is 2.03. The lowest BCUT2D eigenvalue weighted by molar-refractivity contribution is 0.354. The molecular formula is C17H21NO2. The van der Waals surface area contributed by atoms with Crippen LogP contribution in [0.3, 0.4) is 0 Å². The van der Waals surface area contributed by atoms with E-state index in [1.165, 1.54) is 11.1 Å². The standard InChI is InChI=1S/C17H21NO2/c1-13(18-12-14-7-5-4-6-8-14)15-9-10-16(19-2)17(11-15)20-3/h4-11,13,18H,12H2,1-3H3/t13-/m1/s1. The molecule has 1 atom stereocenters. The Morgan fingerprint density at radius 2 is 1.65 bits per heavy atom. The SMILES string of the molecule is COc1ccc([C@@H](C)NCc2ccccc2)cc1OC. The number of hydrogen-bond acceptors (Lipinski definition) is 3. The quantitative estimate of drug-likeness (QED) is 0.871. The van der Waals surface area contributed by atoms with E-state index in [-0.39, 0.29) is 6.04 Å². The molecule has 0 amide bonds. The maximum atomic E-state index is 5.34. The van der Waals surface area contributed by atoms with Crippen LogP contribution in [-0.4, -0.2) is 14.2 Å². The van der Waals surface area contributed by atoms with Gasteiger partial charge in [-0.05, 0) is 30.2 Å². The predicted octanol–water partition coefficient (Wildman–Crippen LogP) is 3.55. The first kappa shape index (κ1) is 14.4. The molecule has 20 heavy (non-hydrogen) atoms. The monoisotopic (exact) mass is 271 g/mol. The number of hydrogen-bond donors (Lipinski definition) is 1. The van der Waals surface area contributed by atoms with E-state index in [0.29, 0.717) is 0 Å². The van der Waals surface area contributed by atoms with Crippen molar-refractivity contribution < 1.29 is 9.47 Å². The first-order valence-electron chi connectivity index (χ1n) is 6.74. The maximum Gasteiger partial charge on any atom is 0.161 e. The summed E-state index contributed by atoms with van der Waals surface area (Å²) in [6.45, 7) is 2.99. The van der Waals surface area contributed by atoms with E-state index in [0.717, 1.165) is 18.0 Å². The van der Waals surface area contributed by atoms with Gasteiger partial charge >= 0.3 is 0 Å². The summed E-state index contributed by atoms with van der Waals surface area (Å²) >= 11 is 0. The Morgan fingerprint density at radius 3 is 2.30 bits per heavy atom. The summed E-state index contributed by atoms with van der Waals surface area (Å²) in [4.78, 5) is 0. The molecule has 0 unspecified atom stereocenters. The van der Waals surface area contributed by atoms with Crippen molar-refractivity contribution >= 4 is 0 Å². The fourth-order valence-corrected chi connectivity index (χ4v) is 2.11. The highest BCUT2D eigenvalue weighted by Gasteiger charge is 2.09. The third-order valence-electron chi connectivity index (χ3n) is 3.36. The Morgan fingerprint density at radius 1 is 0.950 bits per heavy atom. The third-order valence-corrected chi connectivity index (χ3v) is 3.36. The van der Waals surface area contributed by atoms with E-state index in [1.54, 1.807) is 14.2 Å². The highest BCUT2D eigenvalue weighted by Crippen LogP contribution is 2.29. The van der Waals surface area contributed by atoms with E-state index in [1.807, 2.05) is 18.2 Å². The minimum absolute atomic E-state index is 0.245. The van der Waals surface area contributed by atoms with Crippen LogP contribution in [0, 0.1) is 0 Å². The van der Waals surface area contributed by atoms with E-state index in [2.05, 4.69) is 42.6 Å². The van der Waals surface area contributed by atoms with E-state index in [9.17, 15) is 0 Å². The van der Waals surface area contributed by atoms with Crippen molar-refractivity contribution in [1.82, 2.24) is 5.32 Å². The molecule has 0 aromatic heterocycles. The summed E-state index contributed by atoms with van der Waals surface area (Å²) in [5.41, 5.74) is 2.46. The molecule has 1 N–H and O–H groups in total. The molecule has 0 aliphatic heterocycles. The molecule has 0 aliphatic rings. The normalized spacial score (nSPS) is 11.9. The van der Waals surface area contributed by atoms with Crippen molar-refractivity contribution in [3.05, 3.63) is 59.7 Å². The van der Waals surface area contributed by atoms with Gasteiger partial charge in [-0.2, -0.15) is 0 Å². The van der Waals surface area contributed by atoms with Crippen LogP contribution < -0.4 is 14.8 Å². The fraction of sp³-hybridized carbons (Fsp3) is 0.294. The van der Waals surface area contributed by atoms with Gasteiger partial charge in [-0.25, -0.2) is 0 Å². The van der Waals surface area contributed by atoms with Crippen LogP contribution in [0.5, 0.6) is 11.5 Å². The summed E-state index contributed by atoms with van der Waals surface area (Å²) in [5, 5.41) is 3.51. The summed E-state index contributed by atoms with van der Waals surface area (Å²) in [6.07, 6.45) is 0. The van der Waals surface area contributed by atoms with Crippen molar-refractivity contribution in [3.8, 4) is 11.5 Å². The largest absolute Gasteiger partial charge is 0.493 e. The third kappa shape index (κ3) is 3.52. The van der Waals surface area contributed by atoms with Gasteiger partial charge in [0.1, 0.15) is 0 Å². The average molecular weight is 271 g/mol. The molecule has 106 valence electrons. The van der Waals surface area contributed by atoms with Gasteiger partial charge in [0.15, 0.2) is 11.5 Å². The second kappa shape index (κ2) is 6.96. The van der Waals surface area contributed by atoms with Gasteiger partial charge in [-0.15, -0.1) is 0 Å². The molecular weight excluding hydrogens is 250 g/mol. The molecule has 3 heteroatoms. The zero-order valence-corrected chi connectivity index (χ0v) is 12.2. The van der Waals surface area contributed by atoms with Crippen LogP contribution in [-0.2, 0) is 6.54 Å². The van der Waals surface area contributed by atoms with Crippen molar-refractivity contribution in [2.24, 2.45) is 0 Å². The molecule has 0 saturated heterocycles. The molecule has 0 saturated carbocycles. The predicted molar refractivity (Wildman–Crippen MR) is 81.2 cm³/mol. The second-order valence-corrected chi connectivity index (χ2v) is 4.70. The number of rotatable bonds is 6. The molecule has 3 nitrogen and oxygen atoms in total. The van der Waals surface area contributed by atoms with Gasteiger partial charge < -0.3 is 14.8 Å². The number of nitrogens with one attached hydrogen (secondary N) is 1. The van der Waals surface area contributed by atoms with Crippen molar-refractivity contribution in [2.45, 2.75) is 19.5 Å². The smallest absolute Gasteiger partial charge is 0.161 e. The van der Waals surface area contributed by atoms with Gasteiger partial charge in [0.25, 0.3) is 0 Å². The lowest BCUT2D eigenvalue weighted by atomic mass is 10.1. The summed E-state index contributed by atoms with van der Waals surface area (Å²) in [7, 11) is 3.30. The molecule has 0 fully saturated rings. The van der Waals surface area contributed by atoms with Crippen molar-refractivity contribution in [3.63, 3.8) is 0 Å². The summed E-state index contributed by atoms with van der Waals surface area (Å²) in [5.74, 6) is 1.52. The highest BCUT2D eigenvalue weighted by molar-refractivity contribution is 5.43. The topological polar surface area (TPSA) is 30.5 Å². The Hall–Kier alpha value is -2.00. The van der Waals surface area contributed by atoms with Gasteiger partial charge in [-0.3, -0.25) is 0 Å². The molecule has 0 heterocycles. The molecule has 2 rings (SSSR count). The highest BCUT2D eigenvalue weighted by atomic mass is 16.5. The van der Waals surface area contributed by atoms with Crippen LogP contribution in [0.2, 0.25) is 0 Å². The summed E-state index contributed by atoms with van der Waals surface area (Å²) in [6, 6.07) is 16.6. The lowest BCUT2D eigenvalue weighted by Gasteiger charge is -2.16. The molecule has 2 aromatic rings. The molecule has 0 spiro atoms. The van der Waals surface area contributed by atoms with E-state index < -0.39 is 0 Å². The fourth-order valence-electron chi connectivity index (χ4n) is 2.11. The summed E-state index contributed by atoms with van der Waals surface area (Å²) < 4.78 is 10.6. The van der Waals surface area contributed by atoms with Gasteiger partial charge in [0, 0.05) is 12.6 Å². The Labute approximate surface area is 120 Å². The van der Waals surface area contributed by atoms with Crippen LogP contribution in [0.25, 0.3) is 0 Å². The van der Waals surface area contributed by atoms with Crippen LogP contribution in [0.1, 0.15) is 24.1 Å². The first-order valence-corrected chi connectivity index (χ1v) is 6.74. The average Bonchev–Trinajstić information content (AvgIpc) is 2.52. The van der Waals surface area contributed by atoms with Crippen molar-refractivity contribution in [1.29, 1.82) is 0 Å². The number of methoxy groups -OCH3 is 2. The zero-order valence-electron chi connectivity index (χ0n) is 12.2. The first-order chi connectivity index (χ1) is 9.74. The lowest BCUT2D eigenvalue weighted by Crippen LogP contribution is -2.18. The van der Waals surface area contributed by atoms with E-state index >= 15 is 0 Å². The van der Waals surface area contributed by atoms with Crippen LogP contribution in [0.15, 0.2) is 48.5 Å². The molecule has 2 aromatic carbocycles. The van der Waals surface area contributed by atoms with E-state index in [4.69, 9.17) is 9.47 Å². The number of benzene rings is 2. The zero-order chi connectivity index (χ0) is 14.4. The minimum atomic E-state index is 0.245. The number of ether oxygens (including phenoxy) is 2. The Bertz CT molecular complexity index is 540. The van der Waals surface area contributed by atoms with Crippen LogP contribution >= 0.6 is 0 Å².